The van der Waals surface area contributed by atoms with Gasteiger partial charge in [-0.05, 0) is 56.4 Å². The molecule has 1 heterocycles. The number of carbonyl (C=O) groups excluding carboxylic acids is 1. The summed E-state index contributed by atoms with van der Waals surface area (Å²) < 4.78 is 25.1. The third-order valence-corrected chi connectivity index (χ3v) is 4.37. The van der Waals surface area contributed by atoms with E-state index < -0.39 is 11.7 Å². The van der Waals surface area contributed by atoms with Crippen molar-refractivity contribution in [3.05, 3.63) is 59.4 Å². The molecule has 1 aliphatic rings. The lowest BCUT2D eigenvalue weighted by Gasteiger charge is -2.11. The highest BCUT2D eigenvalue weighted by atomic mass is 32.1. The standard InChI is InChI=1S/C21H22FN3O3S/c1-3-27-18-12-15-10-13(2)28-19(15)11-14(18)8-9-20(26)24-25-21(29)23-17-7-5-4-6-16(17)22/h4-9,11-13H,3,10H2,1-2H3,(H,24,26)(H2,23,25,29)/b9-8+/t13-/m0/s1. The summed E-state index contributed by atoms with van der Waals surface area (Å²) in [6, 6.07) is 9.91. The van der Waals surface area contributed by atoms with Crippen LogP contribution in [0.3, 0.4) is 0 Å². The number of ether oxygens (including phenoxy) is 2. The minimum atomic E-state index is -0.445. The second-order valence-electron chi connectivity index (χ2n) is 6.44. The Labute approximate surface area is 174 Å². The second kappa shape index (κ2) is 9.38. The quantitative estimate of drug-likeness (QED) is 0.394. The van der Waals surface area contributed by atoms with Crippen molar-refractivity contribution in [3.63, 3.8) is 0 Å². The van der Waals surface area contributed by atoms with Crippen molar-refractivity contribution >= 4 is 35.0 Å². The molecule has 2 aromatic carbocycles. The topological polar surface area (TPSA) is 71.6 Å². The SMILES string of the molecule is CCOc1cc2c(cc1/C=C/C(=O)NNC(=S)Nc1ccccc1F)O[C@@H](C)C2. The van der Waals surface area contributed by atoms with Gasteiger partial charge in [-0.1, -0.05) is 12.1 Å². The maximum absolute atomic E-state index is 13.6. The summed E-state index contributed by atoms with van der Waals surface area (Å²) in [5, 5.41) is 2.73. The zero-order valence-corrected chi connectivity index (χ0v) is 16.9. The molecule has 0 bridgehead atoms. The number of fused-ring (bicyclic) bond motifs is 1. The summed E-state index contributed by atoms with van der Waals surface area (Å²) in [6.07, 6.45) is 3.94. The predicted octanol–water partition coefficient (Wildman–Crippen LogP) is 3.58. The molecule has 0 fully saturated rings. The van der Waals surface area contributed by atoms with E-state index in [0.717, 1.165) is 23.3 Å². The summed E-state index contributed by atoms with van der Waals surface area (Å²) in [5.74, 6) is 0.617. The summed E-state index contributed by atoms with van der Waals surface area (Å²) in [4.78, 5) is 12.1. The van der Waals surface area contributed by atoms with Gasteiger partial charge in [0.05, 0.1) is 12.3 Å². The summed E-state index contributed by atoms with van der Waals surface area (Å²) >= 11 is 5.05. The Morgan fingerprint density at radius 3 is 2.90 bits per heavy atom. The van der Waals surface area contributed by atoms with Crippen molar-refractivity contribution in [3.8, 4) is 11.5 Å². The Balaban J connectivity index is 1.60. The first-order chi connectivity index (χ1) is 14.0. The van der Waals surface area contributed by atoms with E-state index in [0.29, 0.717) is 12.4 Å². The van der Waals surface area contributed by atoms with Gasteiger partial charge in [0.25, 0.3) is 5.91 Å². The van der Waals surface area contributed by atoms with Crippen molar-refractivity contribution < 1.29 is 18.7 Å². The molecule has 0 aliphatic carbocycles. The number of hydrogen-bond acceptors (Lipinski definition) is 4. The number of carbonyl (C=O) groups is 1. The van der Waals surface area contributed by atoms with Crippen LogP contribution < -0.4 is 25.6 Å². The smallest absolute Gasteiger partial charge is 0.262 e. The molecule has 1 aliphatic heterocycles. The molecule has 0 radical (unpaired) electrons. The van der Waals surface area contributed by atoms with E-state index in [1.165, 1.54) is 18.2 Å². The number of thiocarbonyl (C=S) groups is 1. The number of rotatable bonds is 5. The van der Waals surface area contributed by atoms with Gasteiger partial charge in [-0.25, -0.2) is 4.39 Å². The molecular weight excluding hydrogens is 393 g/mol. The number of benzene rings is 2. The highest BCUT2D eigenvalue weighted by Crippen LogP contribution is 2.35. The van der Waals surface area contributed by atoms with Crippen molar-refractivity contribution in [1.82, 2.24) is 10.9 Å². The fraction of sp³-hybridized carbons (Fsp3) is 0.238. The summed E-state index contributed by atoms with van der Waals surface area (Å²) in [6.45, 7) is 4.42. The van der Waals surface area contributed by atoms with Gasteiger partial charge in [0.2, 0.25) is 0 Å². The maximum Gasteiger partial charge on any atom is 0.262 e. The first-order valence-electron chi connectivity index (χ1n) is 9.22. The molecule has 0 spiro atoms. The number of hydrazine groups is 1. The van der Waals surface area contributed by atoms with Gasteiger partial charge in [-0.15, -0.1) is 0 Å². The third kappa shape index (κ3) is 5.45. The molecule has 3 rings (SSSR count). The number of nitrogens with one attached hydrogen (secondary N) is 3. The van der Waals surface area contributed by atoms with Crippen LogP contribution in [-0.2, 0) is 11.2 Å². The molecule has 152 valence electrons. The molecule has 0 saturated carbocycles. The normalized spacial score (nSPS) is 14.8. The van der Waals surface area contributed by atoms with Crippen molar-refractivity contribution in [2.24, 2.45) is 0 Å². The Morgan fingerprint density at radius 1 is 1.34 bits per heavy atom. The number of para-hydroxylation sites is 1. The Morgan fingerprint density at radius 2 is 2.14 bits per heavy atom. The van der Waals surface area contributed by atoms with Crippen molar-refractivity contribution in [1.29, 1.82) is 0 Å². The number of anilines is 1. The van der Waals surface area contributed by atoms with E-state index in [1.54, 1.807) is 18.2 Å². The van der Waals surface area contributed by atoms with E-state index in [-0.39, 0.29) is 16.9 Å². The van der Waals surface area contributed by atoms with Crippen LogP contribution in [0.1, 0.15) is 25.0 Å². The van der Waals surface area contributed by atoms with E-state index in [2.05, 4.69) is 16.2 Å². The summed E-state index contributed by atoms with van der Waals surface area (Å²) in [5.41, 5.74) is 7.00. The van der Waals surface area contributed by atoms with E-state index in [4.69, 9.17) is 21.7 Å². The van der Waals surface area contributed by atoms with Gasteiger partial charge >= 0.3 is 0 Å². The molecule has 1 atom stereocenters. The molecule has 0 saturated heterocycles. The van der Waals surface area contributed by atoms with Gasteiger partial charge in [0, 0.05) is 23.6 Å². The number of halogens is 1. The van der Waals surface area contributed by atoms with Crippen LogP contribution in [0.25, 0.3) is 6.08 Å². The highest BCUT2D eigenvalue weighted by molar-refractivity contribution is 7.80. The molecular formula is C21H22FN3O3S. The van der Waals surface area contributed by atoms with E-state index >= 15 is 0 Å². The predicted molar refractivity (Wildman–Crippen MR) is 114 cm³/mol. The first-order valence-corrected chi connectivity index (χ1v) is 9.63. The molecule has 0 unspecified atom stereocenters. The Hall–Kier alpha value is -3.13. The molecule has 29 heavy (non-hydrogen) atoms. The van der Waals surface area contributed by atoms with Crippen LogP contribution in [0.15, 0.2) is 42.5 Å². The minimum Gasteiger partial charge on any atom is -0.493 e. The Bertz CT molecular complexity index is 949. The Kier molecular flexibility index (Phi) is 6.66. The zero-order chi connectivity index (χ0) is 20.8. The maximum atomic E-state index is 13.6. The van der Waals surface area contributed by atoms with Crippen LogP contribution in [-0.4, -0.2) is 23.7 Å². The molecule has 1 amide bonds. The fourth-order valence-corrected chi connectivity index (χ4v) is 3.07. The molecule has 6 nitrogen and oxygen atoms in total. The third-order valence-electron chi connectivity index (χ3n) is 4.16. The van der Waals surface area contributed by atoms with Gasteiger partial charge in [-0.3, -0.25) is 15.6 Å². The lowest BCUT2D eigenvalue weighted by molar-refractivity contribution is -0.116. The lowest BCUT2D eigenvalue weighted by atomic mass is 10.1. The van der Waals surface area contributed by atoms with Crippen LogP contribution in [0.5, 0.6) is 11.5 Å². The summed E-state index contributed by atoms with van der Waals surface area (Å²) in [7, 11) is 0. The zero-order valence-electron chi connectivity index (χ0n) is 16.1. The van der Waals surface area contributed by atoms with Crippen LogP contribution in [0.4, 0.5) is 10.1 Å². The van der Waals surface area contributed by atoms with E-state index in [1.807, 2.05) is 26.0 Å². The fourth-order valence-electron chi connectivity index (χ4n) is 2.91. The van der Waals surface area contributed by atoms with Crippen LogP contribution >= 0.6 is 12.2 Å². The minimum absolute atomic E-state index is 0.0618. The monoisotopic (exact) mass is 415 g/mol. The molecule has 2 aromatic rings. The average molecular weight is 415 g/mol. The molecule has 3 N–H and O–H groups in total. The average Bonchev–Trinajstić information content (AvgIpc) is 3.05. The van der Waals surface area contributed by atoms with E-state index in [9.17, 15) is 9.18 Å². The van der Waals surface area contributed by atoms with Crippen LogP contribution in [0, 0.1) is 5.82 Å². The number of hydrogen-bond donors (Lipinski definition) is 3. The molecule has 0 aromatic heterocycles. The van der Waals surface area contributed by atoms with Crippen LogP contribution in [0.2, 0.25) is 0 Å². The second-order valence-corrected chi connectivity index (χ2v) is 6.85. The lowest BCUT2D eigenvalue weighted by Crippen LogP contribution is -2.43. The van der Waals surface area contributed by atoms with Gasteiger partial charge in [0.1, 0.15) is 23.4 Å². The van der Waals surface area contributed by atoms with Gasteiger partial charge < -0.3 is 14.8 Å². The van der Waals surface area contributed by atoms with Gasteiger partial charge in [0.15, 0.2) is 5.11 Å². The number of amides is 1. The van der Waals surface area contributed by atoms with Crippen molar-refractivity contribution in [2.45, 2.75) is 26.4 Å². The highest BCUT2D eigenvalue weighted by Gasteiger charge is 2.21. The first kappa shape index (κ1) is 20.6. The largest absolute Gasteiger partial charge is 0.493 e. The molecule has 8 heteroatoms. The van der Waals surface area contributed by atoms with Crippen molar-refractivity contribution in [2.75, 3.05) is 11.9 Å². The van der Waals surface area contributed by atoms with Gasteiger partial charge in [-0.2, -0.15) is 0 Å².